The summed E-state index contributed by atoms with van der Waals surface area (Å²) in [6, 6.07) is 17.2. The van der Waals surface area contributed by atoms with Crippen LogP contribution in [-0.4, -0.2) is 24.5 Å². The van der Waals surface area contributed by atoms with E-state index in [4.69, 9.17) is 4.74 Å². The van der Waals surface area contributed by atoms with Crippen LogP contribution >= 0.6 is 0 Å². The Bertz CT molecular complexity index is 978. The molecule has 0 spiro atoms. The molecule has 3 rings (SSSR count). The minimum atomic E-state index is -0.372. The first kappa shape index (κ1) is 17.3. The van der Waals surface area contributed by atoms with E-state index < -0.39 is 0 Å². The average molecular weight is 345 g/mol. The Morgan fingerprint density at radius 3 is 2.73 bits per heavy atom. The molecule has 5 nitrogen and oxygen atoms in total. The number of aromatic amines is 1. The molecule has 0 radical (unpaired) electrons. The van der Waals surface area contributed by atoms with Crippen LogP contribution in [0.1, 0.15) is 11.1 Å². The summed E-state index contributed by atoms with van der Waals surface area (Å²) in [6.07, 6.45) is 4.21. The Hall–Kier alpha value is -3.52. The Kier molecular flexibility index (Phi) is 5.35. The molecule has 5 heteroatoms. The predicted octanol–water partition coefficient (Wildman–Crippen LogP) is 3.44. The van der Waals surface area contributed by atoms with Crippen molar-refractivity contribution in [2.75, 3.05) is 13.7 Å². The molecule has 0 bridgehead atoms. The molecule has 0 fully saturated rings. The van der Waals surface area contributed by atoms with E-state index in [2.05, 4.69) is 10.3 Å². The Balaban J connectivity index is 1.62. The van der Waals surface area contributed by atoms with Crippen molar-refractivity contribution in [2.24, 2.45) is 0 Å². The normalized spacial score (nSPS) is 11.2. The molecule has 0 unspecified atom stereocenters. The van der Waals surface area contributed by atoms with Crippen molar-refractivity contribution in [1.29, 1.82) is 5.26 Å². The fourth-order valence-corrected chi connectivity index (χ4v) is 2.76. The van der Waals surface area contributed by atoms with Crippen LogP contribution in [0.5, 0.6) is 5.75 Å². The van der Waals surface area contributed by atoms with Gasteiger partial charge < -0.3 is 15.0 Å². The van der Waals surface area contributed by atoms with Crippen molar-refractivity contribution in [3.8, 4) is 11.8 Å². The second-order valence-corrected chi connectivity index (χ2v) is 5.81. The number of fused-ring (bicyclic) bond motifs is 1. The quantitative estimate of drug-likeness (QED) is 0.531. The number of aromatic nitrogens is 1. The van der Waals surface area contributed by atoms with Crippen molar-refractivity contribution in [3.05, 3.63) is 71.4 Å². The summed E-state index contributed by atoms with van der Waals surface area (Å²) in [6.45, 7) is 0.461. The summed E-state index contributed by atoms with van der Waals surface area (Å²) in [4.78, 5) is 15.5. The fraction of sp³-hybridized carbons (Fsp3) is 0.143. The summed E-state index contributed by atoms with van der Waals surface area (Å²) >= 11 is 0. The third-order valence-corrected chi connectivity index (χ3v) is 4.15. The highest BCUT2D eigenvalue weighted by Crippen LogP contribution is 2.18. The molecular formula is C21H19N3O2. The van der Waals surface area contributed by atoms with Gasteiger partial charge in [0.25, 0.3) is 5.91 Å². The largest absolute Gasteiger partial charge is 0.497 e. The number of amides is 1. The SMILES string of the molecule is COc1ccc(C=C(C#N)C(=O)NCCc2c[nH]c3ccccc23)cc1. The molecule has 0 saturated heterocycles. The van der Waals surface area contributed by atoms with Gasteiger partial charge in [0.05, 0.1) is 7.11 Å². The maximum absolute atomic E-state index is 12.3. The number of rotatable bonds is 6. The van der Waals surface area contributed by atoms with Gasteiger partial charge in [-0.2, -0.15) is 5.26 Å². The summed E-state index contributed by atoms with van der Waals surface area (Å²) in [7, 11) is 1.59. The van der Waals surface area contributed by atoms with Crippen LogP contribution in [0.2, 0.25) is 0 Å². The fourth-order valence-electron chi connectivity index (χ4n) is 2.76. The molecule has 0 saturated carbocycles. The summed E-state index contributed by atoms with van der Waals surface area (Å²) < 4.78 is 5.10. The van der Waals surface area contributed by atoms with Crippen LogP contribution in [0.25, 0.3) is 17.0 Å². The molecule has 1 aromatic heterocycles. The van der Waals surface area contributed by atoms with Crippen molar-refractivity contribution < 1.29 is 9.53 Å². The van der Waals surface area contributed by atoms with Crippen LogP contribution < -0.4 is 10.1 Å². The number of nitriles is 1. The maximum atomic E-state index is 12.3. The van der Waals surface area contributed by atoms with Gasteiger partial charge in [0.15, 0.2) is 0 Å². The molecule has 0 aliphatic carbocycles. The minimum Gasteiger partial charge on any atom is -0.497 e. The number of hydrogen-bond acceptors (Lipinski definition) is 3. The zero-order valence-electron chi connectivity index (χ0n) is 14.5. The zero-order chi connectivity index (χ0) is 18.4. The third kappa shape index (κ3) is 3.93. The molecule has 2 aromatic carbocycles. The summed E-state index contributed by atoms with van der Waals surface area (Å²) in [5.41, 5.74) is 3.06. The van der Waals surface area contributed by atoms with Gasteiger partial charge in [-0.15, -0.1) is 0 Å². The van der Waals surface area contributed by atoms with Gasteiger partial charge in [-0.05, 0) is 41.8 Å². The molecule has 1 heterocycles. The smallest absolute Gasteiger partial charge is 0.261 e. The Labute approximate surface area is 151 Å². The van der Waals surface area contributed by atoms with Gasteiger partial charge >= 0.3 is 0 Å². The van der Waals surface area contributed by atoms with Gasteiger partial charge in [-0.25, -0.2) is 0 Å². The second kappa shape index (κ2) is 8.04. The van der Waals surface area contributed by atoms with E-state index in [0.29, 0.717) is 13.0 Å². The molecular weight excluding hydrogens is 326 g/mol. The highest BCUT2D eigenvalue weighted by atomic mass is 16.5. The number of nitrogens with one attached hydrogen (secondary N) is 2. The number of methoxy groups -OCH3 is 1. The average Bonchev–Trinajstić information content (AvgIpc) is 3.09. The van der Waals surface area contributed by atoms with E-state index in [1.54, 1.807) is 37.5 Å². The molecule has 0 atom stereocenters. The van der Waals surface area contributed by atoms with E-state index >= 15 is 0 Å². The molecule has 2 N–H and O–H groups in total. The number of benzene rings is 2. The van der Waals surface area contributed by atoms with Gasteiger partial charge in [-0.1, -0.05) is 30.3 Å². The van der Waals surface area contributed by atoms with E-state index in [-0.39, 0.29) is 11.5 Å². The number of ether oxygens (including phenoxy) is 1. The molecule has 0 aliphatic rings. The lowest BCUT2D eigenvalue weighted by molar-refractivity contribution is -0.117. The van der Waals surface area contributed by atoms with Crippen molar-refractivity contribution in [1.82, 2.24) is 10.3 Å². The molecule has 130 valence electrons. The van der Waals surface area contributed by atoms with Crippen LogP contribution in [0, 0.1) is 11.3 Å². The van der Waals surface area contributed by atoms with E-state index in [1.165, 1.54) is 0 Å². The van der Waals surface area contributed by atoms with Gasteiger partial charge in [0.1, 0.15) is 17.4 Å². The standard InChI is InChI=1S/C21H19N3O2/c1-26-18-8-6-15(7-9-18)12-17(13-22)21(25)23-11-10-16-14-24-20-5-3-2-4-19(16)20/h2-9,12,14,24H,10-11H2,1H3,(H,23,25). The third-order valence-electron chi connectivity index (χ3n) is 4.15. The van der Waals surface area contributed by atoms with Crippen LogP contribution in [-0.2, 0) is 11.2 Å². The monoisotopic (exact) mass is 345 g/mol. The lowest BCUT2D eigenvalue weighted by Gasteiger charge is -2.04. The molecule has 26 heavy (non-hydrogen) atoms. The number of hydrogen-bond donors (Lipinski definition) is 2. The van der Waals surface area contributed by atoms with E-state index in [9.17, 15) is 10.1 Å². The Morgan fingerprint density at radius 1 is 1.23 bits per heavy atom. The number of H-pyrrole nitrogens is 1. The molecule has 1 amide bonds. The zero-order valence-corrected chi connectivity index (χ0v) is 14.5. The minimum absolute atomic E-state index is 0.0779. The van der Waals surface area contributed by atoms with Gasteiger partial charge in [0, 0.05) is 23.6 Å². The lowest BCUT2D eigenvalue weighted by Crippen LogP contribution is -2.26. The van der Waals surface area contributed by atoms with Crippen molar-refractivity contribution >= 4 is 22.9 Å². The van der Waals surface area contributed by atoms with E-state index in [1.807, 2.05) is 36.5 Å². The number of carbonyl (C=O) groups is 1. The first-order chi connectivity index (χ1) is 12.7. The highest BCUT2D eigenvalue weighted by molar-refractivity contribution is 6.01. The van der Waals surface area contributed by atoms with Gasteiger partial charge in [0.2, 0.25) is 0 Å². The highest BCUT2D eigenvalue weighted by Gasteiger charge is 2.09. The van der Waals surface area contributed by atoms with Crippen LogP contribution in [0.4, 0.5) is 0 Å². The van der Waals surface area contributed by atoms with Crippen LogP contribution in [0.3, 0.4) is 0 Å². The first-order valence-electron chi connectivity index (χ1n) is 8.30. The number of nitrogens with zero attached hydrogens (tertiary/aromatic N) is 1. The van der Waals surface area contributed by atoms with Gasteiger partial charge in [-0.3, -0.25) is 4.79 Å². The van der Waals surface area contributed by atoms with Crippen molar-refractivity contribution in [3.63, 3.8) is 0 Å². The maximum Gasteiger partial charge on any atom is 0.261 e. The van der Waals surface area contributed by atoms with Crippen LogP contribution in [0.15, 0.2) is 60.3 Å². The summed E-state index contributed by atoms with van der Waals surface area (Å²) in [5.74, 6) is 0.354. The molecule has 0 aliphatic heterocycles. The number of para-hydroxylation sites is 1. The first-order valence-corrected chi connectivity index (χ1v) is 8.30. The van der Waals surface area contributed by atoms with Crippen molar-refractivity contribution in [2.45, 2.75) is 6.42 Å². The predicted molar refractivity (Wildman–Crippen MR) is 102 cm³/mol. The topological polar surface area (TPSA) is 77.9 Å². The molecule has 3 aromatic rings. The number of carbonyl (C=O) groups excluding carboxylic acids is 1. The Morgan fingerprint density at radius 2 is 2.00 bits per heavy atom. The summed E-state index contributed by atoms with van der Waals surface area (Å²) in [5, 5.41) is 13.2. The second-order valence-electron chi connectivity index (χ2n) is 5.81. The lowest BCUT2D eigenvalue weighted by atomic mass is 10.1. The van der Waals surface area contributed by atoms with E-state index in [0.717, 1.165) is 27.8 Å².